The second-order valence-electron chi connectivity index (χ2n) is 5.58. The molecular weight excluding hydrogens is 262 g/mol. The molecule has 0 saturated carbocycles. The first-order valence-electron chi connectivity index (χ1n) is 7.66. The highest BCUT2D eigenvalue weighted by Gasteiger charge is 2.20. The molecule has 21 heavy (non-hydrogen) atoms. The first-order chi connectivity index (χ1) is 10.3. The highest BCUT2D eigenvalue weighted by molar-refractivity contribution is 5.95. The fourth-order valence-corrected chi connectivity index (χ4v) is 2.91. The third kappa shape index (κ3) is 3.08. The van der Waals surface area contributed by atoms with Gasteiger partial charge in [0.1, 0.15) is 6.10 Å². The molecule has 0 spiro atoms. The topological polar surface area (TPSA) is 31.2 Å². The Hall–Kier alpha value is -1.87. The normalized spacial score (nSPS) is 17.5. The summed E-state index contributed by atoms with van der Waals surface area (Å²) in [4.78, 5) is 11.9. The van der Waals surface area contributed by atoms with E-state index in [4.69, 9.17) is 4.74 Å². The summed E-state index contributed by atoms with van der Waals surface area (Å²) in [6.07, 6.45) is 6.49. The Balaban J connectivity index is 1.75. The molecule has 1 aromatic carbocycles. The van der Waals surface area contributed by atoms with Crippen molar-refractivity contribution in [2.45, 2.75) is 38.8 Å². The fraction of sp³-hybridized carbons (Fsp3) is 0.389. The first-order valence-corrected chi connectivity index (χ1v) is 7.66. The van der Waals surface area contributed by atoms with Crippen LogP contribution in [0.5, 0.6) is 0 Å². The Labute approximate surface area is 125 Å². The van der Waals surface area contributed by atoms with Gasteiger partial charge in [-0.15, -0.1) is 0 Å². The number of hydrogen-bond acceptors (Lipinski definition) is 2. The maximum Gasteiger partial charge on any atom is 0.164 e. The predicted molar refractivity (Wildman–Crippen MR) is 82.5 cm³/mol. The summed E-state index contributed by atoms with van der Waals surface area (Å²) in [5, 5.41) is 0. The maximum atomic E-state index is 11.9. The zero-order valence-corrected chi connectivity index (χ0v) is 12.4. The van der Waals surface area contributed by atoms with Gasteiger partial charge in [-0.25, -0.2) is 0 Å². The summed E-state index contributed by atoms with van der Waals surface area (Å²) in [7, 11) is 0. The van der Waals surface area contributed by atoms with E-state index in [0.29, 0.717) is 6.42 Å². The average Bonchev–Trinajstić information content (AvgIpc) is 2.97. The summed E-state index contributed by atoms with van der Waals surface area (Å²) in [5.41, 5.74) is 3.46. The van der Waals surface area contributed by atoms with E-state index in [1.54, 1.807) is 0 Å². The van der Waals surface area contributed by atoms with Crippen LogP contribution in [0, 0.1) is 0 Å². The molecule has 1 aliphatic rings. The van der Waals surface area contributed by atoms with Crippen LogP contribution in [0.2, 0.25) is 0 Å². The fourth-order valence-electron chi connectivity index (χ4n) is 2.91. The van der Waals surface area contributed by atoms with Crippen molar-refractivity contribution in [3.63, 3.8) is 0 Å². The van der Waals surface area contributed by atoms with Gasteiger partial charge in [0.25, 0.3) is 0 Å². The number of ketones is 1. The first kappa shape index (κ1) is 14.1. The zero-order chi connectivity index (χ0) is 14.7. The third-order valence-electron chi connectivity index (χ3n) is 4.02. The number of ether oxygens (including phenoxy) is 1. The van der Waals surface area contributed by atoms with Crippen LogP contribution in [0.15, 0.2) is 42.7 Å². The second-order valence-corrected chi connectivity index (χ2v) is 5.58. The number of aromatic nitrogens is 1. The number of hydrogen-bond donors (Lipinski definition) is 0. The SMILES string of the molecule is CCCC(=O)c1ccn(CC2OCCc3ccccc32)c1. The Bertz CT molecular complexity index is 630. The Morgan fingerprint density at radius 3 is 3.05 bits per heavy atom. The van der Waals surface area contributed by atoms with E-state index in [1.165, 1.54) is 11.1 Å². The lowest BCUT2D eigenvalue weighted by Crippen LogP contribution is -2.20. The van der Waals surface area contributed by atoms with Crippen LogP contribution in [0.25, 0.3) is 0 Å². The number of benzene rings is 1. The highest BCUT2D eigenvalue weighted by atomic mass is 16.5. The van der Waals surface area contributed by atoms with Crippen molar-refractivity contribution in [2.24, 2.45) is 0 Å². The molecule has 0 N–H and O–H groups in total. The van der Waals surface area contributed by atoms with Crippen molar-refractivity contribution in [1.29, 1.82) is 0 Å². The molecule has 0 aliphatic carbocycles. The van der Waals surface area contributed by atoms with Crippen molar-refractivity contribution < 1.29 is 9.53 Å². The van der Waals surface area contributed by atoms with Crippen molar-refractivity contribution in [1.82, 2.24) is 4.57 Å². The molecule has 1 aliphatic heterocycles. The molecule has 0 radical (unpaired) electrons. The summed E-state index contributed by atoms with van der Waals surface area (Å²) >= 11 is 0. The number of fused-ring (bicyclic) bond motifs is 1. The lowest BCUT2D eigenvalue weighted by molar-refractivity contribution is 0.0306. The Morgan fingerprint density at radius 1 is 1.33 bits per heavy atom. The van der Waals surface area contributed by atoms with Crippen LogP contribution >= 0.6 is 0 Å². The van der Waals surface area contributed by atoms with Gasteiger partial charge in [0, 0.05) is 24.4 Å². The van der Waals surface area contributed by atoms with Crippen molar-refractivity contribution >= 4 is 5.78 Å². The Kier molecular flexibility index (Phi) is 4.20. The number of nitrogens with zero attached hydrogens (tertiary/aromatic N) is 1. The van der Waals surface area contributed by atoms with E-state index < -0.39 is 0 Å². The van der Waals surface area contributed by atoms with E-state index in [1.807, 2.05) is 25.4 Å². The van der Waals surface area contributed by atoms with Gasteiger partial charge in [-0.3, -0.25) is 4.79 Å². The zero-order valence-electron chi connectivity index (χ0n) is 12.4. The summed E-state index contributed by atoms with van der Waals surface area (Å²) in [6, 6.07) is 10.4. The molecule has 0 saturated heterocycles. The van der Waals surface area contributed by atoms with Crippen LogP contribution in [0.4, 0.5) is 0 Å². The van der Waals surface area contributed by atoms with E-state index in [0.717, 1.165) is 31.6 Å². The van der Waals surface area contributed by atoms with Crippen LogP contribution in [0.1, 0.15) is 47.4 Å². The second kappa shape index (κ2) is 6.27. The van der Waals surface area contributed by atoms with E-state index in [2.05, 4.69) is 28.8 Å². The predicted octanol–water partition coefficient (Wildman–Crippen LogP) is 3.78. The summed E-state index contributed by atoms with van der Waals surface area (Å²) in [5.74, 6) is 0.223. The molecule has 1 aromatic heterocycles. The third-order valence-corrected chi connectivity index (χ3v) is 4.02. The molecule has 110 valence electrons. The van der Waals surface area contributed by atoms with Gasteiger partial charge in [-0.1, -0.05) is 31.2 Å². The van der Waals surface area contributed by atoms with Gasteiger partial charge >= 0.3 is 0 Å². The van der Waals surface area contributed by atoms with Crippen molar-refractivity contribution in [3.05, 3.63) is 59.4 Å². The number of carbonyl (C=O) groups is 1. The molecule has 3 rings (SSSR count). The van der Waals surface area contributed by atoms with Crippen molar-refractivity contribution in [3.8, 4) is 0 Å². The molecule has 1 unspecified atom stereocenters. The number of carbonyl (C=O) groups excluding carboxylic acids is 1. The van der Waals surface area contributed by atoms with Crippen LogP contribution < -0.4 is 0 Å². The largest absolute Gasteiger partial charge is 0.371 e. The minimum absolute atomic E-state index is 0.0801. The quantitative estimate of drug-likeness (QED) is 0.782. The van der Waals surface area contributed by atoms with E-state index >= 15 is 0 Å². The number of rotatable bonds is 5. The summed E-state index contributed by atoms with van der Waals surface area (Å²) in [6.45, 7) is 3.56. The van der Waals surface area contributed by atoms with E-state index in [9.17, 15) is 4.79 Å². The van der Waals surface area contributed by atoms with Gasteiger partial charge < -0.3 is 9.30 Å². The molecule has 2 aromatic rings. The maximum absolute atomic E-state index is 11.9. The van der Waals surface area contributed by atoms with Gasteiger partial charge in [0.15, 0.2) is 5.78 Å². The molecule has 0 fully saturated rings. The highest BCUT2D eigenvalue weighted by Crippen LogP contribution is 2.28. The molecule has 3 nitrogen and oxygen atoms in total. The van der Waals surface area contributed by atoms with Gasteiger partial charge in [0.05, 0.1) is 13.2 Å². The van der Waals surface area contributed by atoms with Crippen LogP contribution in [0.3, 0.4) is 0 Å². The molecule has 2 heterocycles. The summed E-state index contributed by atoms with van der Waals surface area (Å²) < 4.78 is 7.98. The molecule has 0 bridgehead atoms. The molecule has 3 heteroatoms. The minimum Gasteiger partial charge on any atom is -0.371 e. The minimum atomic E-state index is 0.0801. The number of Topliss-reactive ketones (excluding diaryl/α,β-unsaturated/α-hetero) is 1. The lowest BCUT2D eigenvalue weighted by atomic mass is 9.97. The molecule has 0 amide bonds. The average molecular weight is 283 g/mol. The lowest BCUT2D eigenvalue weighted by Gasteiger charge is -2.26. The van der Waals surface area contributed by atoms with Gasteiger partial charge in [-0.05, 0) is 30.0 Å². The monoisotopic (exact) mass is 283 g/mol. The molecule has 1 atom stereocenters. The van der Waals surface area contributed by atoms with Crippen LogP contribution in [-0.4, -0.2) is 17.0 Å². The van der Waals surface area contributed by atoms with E-state index in [-0.39, 0.29) is 11.9 Å². The van der Waals surface area contributed by atoms with Gasteiger partial charge in [0.2, 0.25) is 0 Å². The molecular formula is C18H21NO2. The standard InChI is InChI=1S/C18H21NO2/c1-2-5-17(20)15-8-10-19(12-15)13-18-16-7-4-3-6-14(16)9-11-21-18/h3-4,6-8,10,12,18H,2,5,9,11,13H2,1H3. The van der Waals surface area contributed by atoms with Gasteiger partial charge in [-0.2, -0.15) is 0 Å². The Morgan fingerprint density at radius 2 is 2.19 bits per heavy atom. The smallest absolute Gasteiger partial charge is 0.164 e. The van der Waals surface area contributed by atoms with Crippen molar-refractivity contribution in [2.75, 3.05) is 6.61 Å². The van der Waals surface area contributed by atoms with Crippen LogP contribution in [-0.2, 0) is 17.7 Å².